The van der Waals surface area contributed by atoms with Gasteiger partial charge in [-0.2, -0.15) is 0 Å². The van der Waals surface area contributed by atoms with Crippen LogP contribution in [0.3, 0.4) is 0 Å². The van der Waals surface area contributed by atoms with Gasteiger partial charge in [0.25, 0.3) is 0 Å². The topological polar surface area (TPSA) is 67.4 Å². The van der Waals surface area contributed by atoms with E-state index in [4.69, 9.17) is 4.74 Å². The molecule has 0 fully saturated rings. The molecule has 0 saturated carbocycles. The highest BCUT2D eigenvalue weighted by Gasteiger charge is 2.26. The van der Waals surface area contributed by atoms with E-state index in [1.54, 1.807) is 32.4 Å². The van der Waals surface area contributed by atoms with Gasteiger partial charge in [-0.05, 0) is 26.5 Å². The average Bonchev–Trinajstić information content (AvgIpc) is 2.73. The summed E-state index contributed by atoms with van der Waals surface area (Å²) in [5.41, 5.74) is -0.628. The van der Waals surface area contributed by atoms with Gasteiger partial charge in [-0.1, -0.05) is 6.92 Å². The van der Waals surface area contributed by atoms with Gasteiger partial charge >= 0.3 is 0 Å². The number of thiophene rings is 1. The Labute approximate surface area is 119 Å². The van der Waals surface area contributed by atoms with Crippen molar-refractivity contribution in [3.05, 3.63) is 16.3 Å². The third kappa shape index (κ3) is 5.19. The number of nitrogens with one attached hydrogen (secondary N) is 2. The second kappa shape index (κ2) is 6.81. The largest absolute Gasteiger partial charge is 0.383 e. The quantitative estimate of drug-likeness (QED) is 0.765. The smallest absolute Gasteiger partial charge is 0.241 e. The molecule has 1 aromatic rings. The maximum Gasteiger partial charge on any atom is 0.241 e. The molecule has 1 heterocycles. The molecule has 0 bridgehead atoms. The Balaban J connectivity index is 2.80. The molecule has 0 aromatic carbocycles. The predicted molar refractivity (Wildman–Crippen MR) is 78.0 cm³/mol. The Morgan fingerprint density at radius 1 is 1.42 bits per heavy atom. The molecule has 0 spiro atoms. The molecule has 0 amide bonds. The lowest BCUT2D eigenvalue weighted by molar-refractivity contribution is 0.141. The van der Waals surface area contributed by atoms with Crippen LogP contribution >= 0.6 is 11.3 Å². The SMILES string of the molecule is CCNCc1cc(S(=O)(=O)NC(C)(C)COC)cs1. The van der Waals surface area contributed by atoms with Gasteiger partial charge in [-0.15, -0.1) is 11.3 Å². The molecule has 0 radical (unpaired) electrons. The predicted octanol–water partition coefficient (Wildman–Crippen LogP) is 1.56. The summed E-state index contributed by atoms with van der Waals surface area (Å²) < 4.78 is 32.1. The molecule has 5 nitrogen and oxygen atoms in total. The van der Waals surface area contributed by atoms with Crippen LogP contribution in [-0.4, -0.2) is 34.2 Å². The molecule has 19 heavy (non-hydrogen) atoms. The molecule has 0 aliphatic heterocycles. The second-order valence-corrected chi connectivity index (χ2v) is 7.63. The second-order valence-electron chi connectivity index (χ2n) is 4.95. The molecule has 2 N–H and O–H groups in total. The normalized spacial score (nSPS) is 12.8. The number of ether oxygens (including phenoxy) is 1. The van der Waals surface area contributed by atoms with Crippen LogP contribution in [0.1, 0.15) is 25.6 Å². The van der Waals surface area contributed by atoms with Crippen molar-refractivity contribution < 1.29 is 13.2 Å². The van der Waals surface area contributed by atoms with Crippen molar-refractivity contribution in [2.75, 3.05) is 20.3 Å². The number of hydrogen-bond donors (Lipinski definition) is 2. The average molecular weight is 306 g/mol. The van der Waals surface area contributed by atoms with Crippen LogP contribution in [-0.2, 0) is 21.3 Å². The third-order valence-corrected chi connectivity index (χ3v) is 5.17. The fourth-order valence-electron chi connectivity index (χ4n) is 1.66. The van der Waals surface area contributed by atoms with Gasteiger partial charge in [0.1, 0.15) is 0 Å². The van der Waals surface area contributed by atoms with Gasteiger partial charge in [0, 0.05) is 23.9 Å². The molecule has 1 aromatic heterocycles. The van der Waals surface area contributed by atoms with E-state index in [1.807, 2.05) is 6.92 Å². The Bertz CT molecular complexity index is 495. The Morgan fingerprint density at radius 3 is 2.68 bits per heavy atom. The lowest BCUT2D eigenvalue weighted by Crippen LogP contribution is -2.46. The van der Waals surface area contributed by atoms with Crippen molar-refractivity contribution in [3.8, 4) is 0 Å². The highest BCUT2D eigenvalue weighted by molar-refractivity contribution is 7.89. The first-order valence-electron chi connectivity index (χ1n) is 6.12. The first-order valence-corrected chi connectivity index (χ1v) is 8.48. The van der Waals surface area contributed by atoms with Crippen molar-refractivity contribution in [2.24, 2.45) is 0 Å². The van der Waals surface area contributed by atoms with Gasteiger partial charge in [0.15, 0.2) is 0 Å². The van der Waals surface area contributed by atoms with E-state index in [9.17, 15) is 8.42 Å². The molecule has 0 aliphatic carbocycles. The molecular weight excluding hydrogens is 284 g/mol. The van der Waals surface area contributed by atoms with Crippen LogP contribution in [0.4, 0.5) is 0 Å². The summed E-state index contributed by atoms with van der Waals surface area (Å²) in [6.07, 6.45) is 0. The minimum absolute atomic E-state index is 0.314. The summed E-state index contributed by atoms with van der Waals surface area (Å²) in [5, 5.41) is 4.84. The van der Waals surface area contributed by atoms with Crippen molar-refractivity contribution in [2.45, 2.75) is 37.8 Å². The Hall–Kier alpha value is -0.470. The van der Waals surface area contributed by atoms with E-state index in [1.165, 1.54) is 11.3 Å². The summed E-state index contributed by atoms with van der Waals surface area (Å²) in [7, 11) is -1.94. The summed E-state index contributed by atoms with van der Waals surface area (Å²) >= 11 is 1.44. The van der Waals surface area contributed by atoms with Gasteiger partial charge in [-0.25, -0.2) is 13.1 Å². The van der Waals surface area contributed by atoms with E-state index in [-0.39, 0.29) is 0 Å². The highest BCUT2D eigenvalue weighted by atomic mass is 32.2. The van der Waals surface area contributed by atoms with Crippen LogP contribution in [0.5, 0.6) is 0 Å². The van der Waals surface area contributed by atoms with Crippen molar-refractivity contribution in [1.29, 1.82) is 0 Å². The zero-order valence-corrected chi connectivity index (χ0v) is 13.5. The molecule has 1 rings (SSSR count). The Morgan fingerprint density at radius 2 is 2.11 bits per heavy atom. The standard InChI is InChI=1S/C12H22N2O3S2/c1-5-13-7-10-6-11(8-18-10)19(15,16)14-12(2,3)9-17-4/h6,8,13-14H,5,7,9H2,1-4H3. The monoisotopic (exact) mass is 306 g/mol. The molecule has 0 saturated heterocycles. The minimum Gasteiger partial charge on any atom is -0.383 e. The summed E-state index contributed by atoms with van der Waals surface area (Å²) in [6, 6.07) is 1.71. The molecule has 0 unspecified atom stereocenters. The maximum absolute atomic E-state index is 12.2. The van der Waals surface area contributed by atoms with E-state index >= 15 is 0 Å². The number of methoxy groups -OCH3 is 1. The lowest BCUT2D eigenvalue weighted by Gasteiger charge is -2.24. The van der Waals surface area contributed by atoms with Gasteiger partial charge in [0.05, 0.1) is 17.0 Å². The number of rotatable bonds is 8. The molecule has 0 atom stereocenters. The maximum atomic E-state index is 12.2. The van der Waals surface area contributed by atoms with Crippen LogP contribution < -0.4 is 10.0 Å². The Kier molecular flexibility index (Phi) is 5.94. The lowest BCUT2D eigenvalue weighted by atomic mass is 10.1. The molecular formula is C12H22N2O3S2. The zero-order valence-electron chi connectivity index (χ0n) is 11.8. The summed E-state index contributed by atoms with van der Waals surface area (Å²) in [6.45, 7) is 7.47. The minimum atomic E-state index is -3.49. The van der Waals surface area contributed by atoms with E-state index in [0.29, 0.717) is 18.0 Å². The first kappa shape index (κ1) is 16.6. The number of hydrogen-bond acceptors (Lipinski definition) is 5. The zero-order chi connectivity index (χ0) is 14.5. The summed E-state index contributed by atoms with van der Waals surface area (Å²) in [4.78, 5) is 1.32. The number of sulfonamides is 1. The first-order chi connectivity index (χ1) is 8.80. The van der Waals surface area contributed by atoms with Crippen molar-refractivity contribution in [3.63, 3.8) is 0 Å². The van der Waals surface area contributed by atoms with Crippen molar-refractivity contribution in [1.82, 2.24) is 10.0 Å². The van der Waals surface area contributed by atoms with Crippen LogP contribution in [0.15, 0.2) is 16.3 Å². The third-order valence-electron chi connectivity index (χ3n) is 2.41. The van der Waals surface area contributed by atoms with Crippen LogP contribution in [0, 0.1) is 0 Å². The van der Waals surface area contributed by atoms with Gasteiger partial charge in [-0.3, -0.25) is 0 Å². The van der Waals surface area contributed by atoms with Crippen LogP contribution in [0.25, 0.3) is 0 Å². The fraction of sp³-hybridized carbons (Fsp3) is 0.667. The molecule has 7 heteroatoms. The van der Waals surface area contributed by atoms with Gasteiger partial charge in [0.2, 0.25) is 10.0 Å². The highest BCUT2D eigenvalue weighted by Crippen LogP contribution is 2.20. The summed E-state index contributed by atoms with van der Waals surface area (Å²) in [5.74, 6) is 0. The fourth-order valence-corrected chi connectivity index (χ4v) is 4.30. The van der Waals surface area contributed by atoms with E-state index in [2.05, 4.69) is 10.0 Å². The van der Waals surface area contributed by atoms with Crippen LogP contribution in [0.2, 0.25) is 0 Å². The van der Waals surface area contributed by atoms with Crippen molar-refractivity contribution >= 4 is 21.4 Å². The molecule has 110 valence electrons. The van der Waals surface area contributed by atoms with E-state index < -0.39 is 15.6 Å². The van der Waals surface area contributed by atoms with E-state index in [0.717, 1.165) is 11.4 Å². The molecule has 0 aliphatic rings. The van der Waals surface area contributed by atoms with Gasteiger partial charge < -0.3 is 10.1 Å².